The highest BCUT2D eigenvalue weighted by atomic mass is 19.1. The highest BCUT2D eigenvalue weighted by molar-refractivity contribution is 5.26. The summed E-state index contributed by atoms with van der Waals surface area (Å²) < 4.78 is 13.3. The van der Waals surface area contributed by atoms with Crippen LogP contribution in [0.3, 0.4) is 0 Å². The van der Waals surface area contributed by atoms with E-state index in [0.29, 0.717) is 5.69 Å². The second kappa shape index (κ2) is 4.19. The monoisotopic (exact) mass is 203 g/mol. The zero-order valence-electron chi connectivity index (χ0n) is 7.97. The zero-order valence-corrected chi connectivity index (χ0v) is 7.97. The lowest BCUT2D eigenvalue weighted by Crippen LogP contribution is -2.03. The molecular formula is C12H10FNO. The van der Waals surface area contributed by atoms with Crippen molar-refractivity contribution in [3.63, 3.8) is 0 Å². The van der Waals surface area contributed by atoms with Gasteiger partial charge in [0.1, 0.15) is 11.9 Å². The average molecular weight is 203 g/mol. The van der Waals surface area contributed by atoms with Gasteiger partial charge >= 0.3 is 0 Å². The molecule has 0 radical (unpaired) electrons. The fourth-order valence-electron chi connectivity index (χ4n) is 1.39. The molecule has 0 aliphatic heterocycles. The molecule has 1 unspecified atom stereocenters. The average Bonchev–Trinajstić information content (AvgIpc) is 2.30. The second-order valence-electron chi connectivity index (χ2n) is 3.18. The predicted molar refractivity (Wildman–Crippen MR) is 54.7 cm³/mol. The third-order valence-electron chi connectivity index (χ3n) is 2.17. The van der Waals surface area contributed by atoms with Crippen LogP contribution in [0.2, 0.25) is 0 Å². The van der Waals surface area contributed by atoms with Crippen LogP contribution in [-0.4, -0.2) is 10.1 Å². The first-order valence-corrected chi connectivity index (χ1v) is 4.62. The maximum Gasteiger partial charge on any atom is 0.129 e. The first kappa shape index (κ1) is 9.80. The van der Waals surface area contributed by atoms with E-state index in [0.717, 1.165) is 0 Å². The summed E-state index contributed by atoms with van der Waals surface area (Å²) in [6.45, 7) is 0. The van der Waals surface area contributed by atoms with E-state index in [1.165, 1.54) is 6.07 Å². The van der Waals surface area contributed by atoms with E-state index in [2.05, 4.69) is 4.98 Å². The van der Waals surface area contributed by atoms with Gasteiger partial charge in [0.15, 0.2) is 0 Å². The van der Waals surface area contributed by atoms with E-state index >= 15 is 0 Å². The molecule has 15 heavy (non-hydrogen) atoms. The number of aromatic nitrogens is 1. The van der Waals surface area contributed by atoms with Gasteiger partial charge < -0.3 is 5.11 Å². The molecule has 0 saturated heterocycles. The molecule has 2 aromatic rings. The molecule has 0 amide bonds. The minimum atomic E-state index is -1.01. The van der Waals surface area contributed by atoms with Crippen LogP contribution in [0.4, 0.5) is 4.39 Å². The Bertz CT molecular complexity index is 444. The normalized spacial score (nSPS) is 12.4. The van der Waals surface area contributed by atoms with Crippen LogP contribution >= 0.6 is 0 Å². The first-order chi connectivity index (χ1) is 7.29. The molecule has 1 N–H and O–H groups in total. The van der Waals surface area contributed by atoms with Crippen LogP contribution in [0.1, 0.15) is 17.4 Å². The minimum absolute atomic E-state index is 0.246. The number of aliphatic hydroxyl groups excluding tert-OH is 1. The summed E-state index contributed by atoms with van der Waals surface area (Å²) in [5.74, 6) is -0.421. The number of rotatable bonds is 2. The van der Waals surface area contributed by atoms with Crippen LogP contribution in [0.25, 0.3) is 0 Å². The summed E-state index contributed by atoms with van der Waals surface area (Å²) >= 11 is 0. The summed E-state index contributed by atoms with van der Waals surface area (Å²) in [4.78, 5) is 3.98. The number of benzene rings is 1. The molecular weight excluding hydrogens is 193 g/mol. The van der Waals surface area contributed by atoms with Crippen LogP contribution in [0.15, 0.2) is 48.7 Å². The van der Waals surface area contributed by atoms with Gasteiger partial charge in [0.2, 0.25) is 0 Å². The molecule has 0 fully saturated rings. The van der Waals surface area contributed by atoms with Gasteiger partial charge in [0, 0.05) is 11.8 Å². The van der Waals surface area contributed by atoms with Crippen LogP contribution in [0.5, 0.6) is 0 Å². The highest BCUT2D eigenvalue weighted by Gasteiger charge is 2.14. The zero-order chi connectivity index (χ0) is 10.7. The van der Waals surface area contributed by atoms with E-state index in [4.69, 9.17) is 0 Å². The van der Waals surface area contributed by atoms with Crippen molar-refractivity contribution in [2.75, 3.05) is 0 Å². The molecule has 3 heteroatoms. The van der Waals surface area contributed by atoms with Gasteiger partial charge in [-0.05, 0) is 18.2 Å². The summed E-state index contributed by atoms with van der Waals surface area (Å²) in [6, 6.07) is 11.3. The van der Waals surface area contributed by atoms with Crippen molar-refractivity contribution in [3.05, 3.63) is 65.7 Å². The van der Waals surface area contributed by atoms with Crippen molar-refractivity contribution in [2.24, 2.45) is 0 Å². The van der Waals surface area contributed by atoms with E-state index in [1.807, 2.05) is 0 Å². The Morgan fingerprint density at radius 2 is 1.80 bits per heavy atom. The van der Waals surface area contributed by atoms with Gasteiger partial charge in [-0.1, -0.05) is 24.3 Å². The lowest BCUT2D eigenvalue weighted by molar-refractivity contribution is 0.210. The van der Waals surface area contributed by atoms with Gasteiger partial charge in [0.05, 0.1) is 5.69 Å². The Kier molecular flexibility index (Phi) is 2.74. The molecule has 76 valence electrons. The maximum absolute atomic E-state index is 13.3. The van der Waals surface area contributed by atoms with E-state index in [1.54, 1.807) is 42.6 Å². The van der Waals surface area contributed by atoms with Gasteiger partial charge in [0.25, 0.3) is 0 Å². The number of aliphatic hydroxyl groups is 1. The van der Waals surface area contributed by atoms with Crippen LogP contribution < -0.4 is 0 Å². The highest BCUT2D eigenvalue weighted by Crippen LogP contribution is 2.21. The number of halogens is 1. The molecule has 1 aromatic carbocycles. The van der Waals surface area contributed by atoms with Crippen molar-refractivity contribution in [1.29, 1.82) is 0 Å². The third kappa shape index (κ3) is 2.02. The fraction of sp³-hybridized carbons (Fsp3) is 0.0833. The van der Waals surface area contributed by atoms with Gasteiger partial charge in [-0.3, -0.25) is 4.98 Å². The number of pyridine rings is 1. The first-order valence-electron chi connectivity index (χ1n) is 4.62. The lowest BCUT2D eigenvalue weighted by atomic mass is 10.1. The smallest absolute Gasteiger partial charge is 0.129 e. The third-order valence-corrected chi connectivity index (χ3v) is 2.17. The Morgan fingerprint density at radius 1 is 1.07 bits per heavy atom. The number of nitrogens with zero attached hydrogens (tertiary/aromatic N) is 1. The molecule has 0 spiro atoms. The quantitative estimate of drug-likeness (QED) is 0.812. The molecule has 1 heterocycles. The molecule has 2 nitrogen and oxygen atoms in total. The molecule has 1 aromatic heterocycles. The summed E-state index contributed by atoms with van der Waals surface area (Å²) in [7, 11) is 0. The van der Waals surface area contributed by atoms with Gasteiger partial charge in [-0.25, -0.2) is 4.39 Å². The summed E-state index contributed by atoms with van der Waals surface area (Å²) in [6.07, 6.45) is 0.562. The van der Waals surface area contributed by atoms with Crippen molar-refractivity contribution >= 4 is 0 Å². The van der Waals surface area contributed by atoms with E-state index in [-0.39, 0.29) is 5.56 Å². The number of hydrogen-bond acceptors (Lipinski definition) is 2. The Labute approximate surface area is 87.0 Å². The summed E-state index contributed by atoms with van der Waals surface area (Å²) in [5, 5.41) is 9.87. The van der Waals surface area contributed by atoms with Crippen molar-refractivity contribution < 1.29 is 9.50 Å². The van der Waals surface area contributed by atoms with Crippen molar-refractivity contribution in [1.82, 2.24) is 4.98 Å². The maximum atomic E-state index is 13.3. The molecule has 0 bridgehead atoms. The Balaban J connectivity index is 2.37. The molecule has 0 saturated carbocycles. The Morgan fingerprint density at radius 3 is 2.47 bits per heavy atom. The van der Waals surface area contributed by atoms with E-state index < -0.39 is 11.9 Å². The SMILES string of the molecule is OC(c1ccccn1)c1ccccc1F. The van der Waals surface area contributed by atoms with Gasteiger partial charge in [-0.15, -0.1) is 0 Å². The predicted octanol–water partition coefficient (Wildman–Crippen LogP) is 2.30. The van der Waals surface area contributed by atoms with Crippen LogP contribution in [-0.2, 0) is 0 Å². The molecule has 0 aliphatic carbocycles. The topological polar surface area (TPSA) is 33.1 Å². The summed E-state index contributed by atoms with van der Waals surface area (Å²) in [5.41, 5.74) is 0.693. The molecule has 0 aliphatic rings. The van der Waals surface area contributed by atoms with Crippen LogP contribution in [0, 0.1) is 5.82 Å². The molecule has 1 atom stereocenters. The van der Waals surface area contributed by atoms with E-state index in [9.17, 15) is 9.50 Å². The second-order valence-corrected chi connectivity index (χ2v) is 3.18. The minimum Gasteiger partial charge on any atom is -0.382 e. The fourth-order valence-corrected chi connectivity index (χ4v) is 1.39. The van der Waals surface area contributed by atoms with Crippen molar-refractivity contribution in [2.45, 2.75) is 6.10 Å². The lowest BCUT2D eigenvalue weighted by Gasteiger charge is -2.10. The van der Waals surface area contributed by atoms with Crippen molar-refractivity contribution in [3.8, 4) is 0 Å². The largest absolute Gasteiger partial charge is 0.382 e. The molecule has 2 rings (SSSR count). The van der Waals surface area contributed by atoms with Gasteiger partial charge in [-0.2, -0.15) is 0 Å². The Hall–Kier alpha value is -1.74. The standard InChI is InChI=1S/C12H10FNO/c13-10-6-2-1-5-9(10)12(15)11-7-3-4-8-14-11/h1-8,12,15H. The number of hydrogen-bond donors (Lipinski definition) is 1.